The summed E-state index contributed by atoms with van der Waals surface area (Å²) in [6.45, 7) is 11.8. The van der Waals surface area contributed by atoms with E-state index in [0.29, 0.717) is 0 Å². The molecule has 0 radical (unpaired) electrons. The van der Waals surface area contributed by atoms with Gasteiger partial charge in [-0.2, -0.15) is 0 Å². The molecule has 0 aliphatic heterocycles. The minimum absolute atomic E-state index is 0.745. The molecule has 0 aliphatic carbocycles. The lowest BCUT2D eigenvalue weighted by Crippen LogP contribution is -2.07. The van der Waals surface area contributed by atoms with Crippen LogP contribution in [0.15, 0.2) is 30.7 Å². The van der Waals surface area contributed by atoms with Gasteiger partial charge in [-0.3, -0.25) is 0 Å². The summed E-state index contributed by atoms with van der Waals surface area (Å²) in [5.74, 6) is 1.57. The highest BCUT2D eigenvalue weighted by Crippen LogP contribution is 1.95. The van der Waals surface area contributed by atoms with Crippen molar-refractivity contribution < 1.29 is 0 Å². The number of hydrogen-bond acceptors (Lipinski definition) is 4. The SMILES string of the molecule is CC.CC.Cc1ccn2[nH]nc2n1.Cc1ncccn1. The smallest absolute Gasteiger partial charge is 0.242 e. The minimum atomic E-state index is 0.745. The molecule has 110 valence electrons. The number of H-pyrrole nitrogens is 1. The van der Waals surface area contributed by atoms with Gasteiger partial charge in [0.25, 0.3) is 5.78 Å². The van der Waals surface area contributed by atoms with Crippen LogP contribution < -0.4 is 0 Å². The van der Waals surface area contributed by atoms with E-state index in [-0.39, 0.29) is 0 Å². The molecule has 0 aliphatic rings. The number of nitrogens with one attached hydrogen (secondary N) is 1. The van der Waals surface area contributed by atoms with Gasteiger partial charge in [0.1, 0.15) is 5.82 Å². The van der Waals surface area contributed by atoms with E-state index in [1.165, 1.54) is 0 Å². The fraction of sp³-hybridized carbons (Fsp3) is 0.429. The van der Waals surface area contributed by atoms with Gasteiger partial charge >= 0.3 is 0 Å². The van der Waals surface area contributed by atoms with Crippen molar-refractivity contribution >= 4 is 5.78 Å². The molecule has 3 aromatic rings. The highest BCUT2D eigenvalue weighted by atomic mass is 15.5. The van der Waals surface area contributed by atoms with Crippen molar-refractivity contribution in [1.29, 1.82) is 0 Å². The number of aryl methyl sites for hydroxylation is 2. The van der Waals surface area contributed by atoms with Gasteiger partial charge in [0, 0.05) is 24.3 Å². The molecular weight excluding hydrogens is 252 g/mol. The monoisotopic (exact) mass is 276 g/mol. The molecule has 3 heterocycles. The first-order valence-electron chi connectivity index (χ1n) is 6.85. The molecule has 3 aromatic heterocycles. The largest absolute Gasteiger partial charge is 0.268 e. The second kappa shape index (κ2) is 10.7. The van der Waals surface area contributed by atoms with E-state index in [9.17, 15) is 0 Å². The third-order valence-electron chi connectivity index (χ3n) is 1.91. The van der Waals surface area contributed by atoms with Crippen LogP contribution in [-0.2, 0) is 0 Å². The van der Waals surface area contributed by atoms with Crippen LogP contribution in [0.1, 0.15) is 39.2 Å². The van der Waals surface area contributed by atoms with Crippen LogP contribution >= 0.6 is 0 Å². The molecule has 0 unspecified atom stereocenters. The highest BCUT2D eigenvalue weighted by Gasteiger charge is 1.94. The third-order valence-corrected chi connectivity index (χ3v) is 1.91. The van der Waals surface area contributed by atoms with Gasteiger partial charge in [0.05, 0.1) is 0 Å². The van der Waals surface area contributed by atoms with E-state index >= 15 is 0 Å². The third kappa shape index (κ3) is 6.08. The summed E-state index contributed by atoms with van der Waals surface area (Å²) in [6, 6.07) is 3.72. The molecule has 0 atom stereocenters. The van der Waals surface area contributed by atoms with Crippen molar-refractivity contribution in [2.75, 3.05) is 0 Å². The lowest BCUT2D eigenvalue weighted by Gasteiger charge is -2.01. The van der Waals surface area contributed by atoms with Crippen molar-refractivity contribution in [3.8, 4) is 0 Å². The Morgan fingerprint density at radius 3 is 1.90 bits per heavy atom. The topological polar surface area (TPSA) is 71.8 Å². The van der Waals surface area contributed by atoms with Gasteiger partial charge in [0.2, 0.25) is 0 Å². The Balaban J connectivity index is 0.000000296. The maximum Gasteiger partial charge on any atom is 0.268 e. The lowest BCUT2D eigenvalue weighted by molar-refractivity contribution is 0.706. The normalized spacial score (nSPS) is 8.50. The highest BCUT2D eigenvalue weighted by molar-refractivity contribution is 5.25. The van der Waals surface area contributed by atoms with Crippen LogP contribution in [0, 0.1) is 13.8 Å². The van der Waals surface area contributed by atoms with Crippen LogP contribution in [0.3, 0.4) is 0 Å². The summed E-state index contributed by atoms with van der Waals surface area (Å²) in [4.78, 5) is 11.8. The first-order chi connectivity index (χ1) is 9.75. The number of fused-ring (bicyclic) bond motifs is 1. The summed E-state index contributed by atoms with van der Waals surface area (Å²) in [6.07, 6.45) is 5.34. The minimum Gasteiger partial charge on any atom is -0.242 e. The number of aromatic amines is 1. The van der Waals surface area contributed by atoms with Crippen molar-refractivity contribution in [2.24, 2.45) is 0 Å². The van der Waals surface area contributed by atoms with Crippen molar-refractivity contribution in [3.63, 3.8) is 0 Å². The Bertz CT molecular complexity index is 555. The van der Waals surface area contributed by atoms with E-state index < -0.39 is 0 Å². The molecule has 0 spiro atoms. The van der Waals surface area contributed by atoms with Crippen molar-refractivity contribution in [3.05, 3.63) is 42.2 Å². The quantitative estimate of drug-likeness (QED) is 0.684. The summed E-state index contributed by atoms with van der Waals surface area (Å²) in [7, 11) is 0. The average molecular weight is 276 g/mol. The Kier molecular flexibility index (Phi) is 9.47. The number of nitrogens with zero attached hydrogens (tertiary/aromatic N) is 5. The molecule has 0 fully saturated rings. The maximum atomic E-state index is 4.09. The summed E-state index contributed by atoms with van der Waals surface area (Å²) in [5.41, 5.74) is 0.992. The predicted octanol–water partition coefficient (Wildman–Crippen LogP) is 3.20. The predicted molar refractivity (Wildman–Crippen MR) is 81.5 cm³/mol. The van der Waals surface area contributed by atoms with Gasteiger partial charge in [-0.05, 0) is 26.0 Å². The molecule has 6 nitrogen and oxygen atoms in total. The van der Waals surface area contributed by atoms with E-state index in [2.05, 4.69) is 25.3 Å². The van der Waals surface area contributed by atoms with Gasteiger partial charge in [-0.15, -0.1) is 5.10 Å². The van der Waals surface area contributed by atoms with Crippen molar-refractivity contribution in [1.82, 2.24) is 29.8 Å². The zero-order valence-electron chi connectivity index (χ0n) is 13.1. The molecule has 0 saturated heterocycles. The maximum absolute atomic E-state index is 4.09. The standard InChI is InChI=1S/C5H6N4.C5H6N2.2C2H6/c1-4-2-3-9-5(6-4)7-8-9;1-5-6-3-2-4-7-5;2*1-2/h2-3,8H,1H3;2-4H,1H3;2*1-2H3. The van der Waals surface area contributed by atoms with Gasteiger partial charge < -0.3 is 0 Å². The number of aromatic nitrogens is 6. The van der Waals surface area contributed by atoms with Gasteiger partial charge in [0.15, 0.2) is 0 Å². The second-order valence-corrected chi connectivity index (χ2v) is 3.25. The first kappa shape index (κ1) is 17.8. The zero-order chi connectivity index (χ0) is 15.4. The van der Waals surface area contributed by atoms with Crippen LogP contribution in [0.5, 0.6) is 0 Å². The molecule has 20 heavy (non-hydrogen) atoms. The average Bonchev–Trinajstić information content (AvgIpc) is 2.48. The molecule has 3 rings (SSSR count). The summed E-state index contributed by atoms with van der Waals surface area (Å²) in [5, 5.41) is 6.49. The molecule has 6 heteroatoms. The fourth-order valence-electron chi connectivity index (χ4n) is 1.08. The molecule has 0 saturated carbocycles. The second-order valence-electron chi connectivity index (χ2n) is 3.25. The Labute approximate surface area is 120 Å². The van der Waals surface area contributed by atoms with Crippen molar-refractivity contribution in [2.45, 2.75) is 41.5 Å². The summed E-state index contributed by atoms with van der Waals surface area (Å²) >= 11 is 0. The van der Waals surface area contributed by atoms with Gasteiger partial charge in [-0.25, -0.2) is 24.7 Å². The lowest BCUT2D eigenvalue weighted by atomic mass is 10.5. The zero-order valence-corrected chi connectivity index (χ0v) is 13.1. The van der Waals surface area contributed by atoms with Crippen LogP contribution in [0.4, 0.5) is 0 Å². The molecule has 0 bridgehead atoms. The van der Waals surface area contributed by atoms with E-state index in [1.807, 2.05) is 53.8 Å². The molecule has 0 aromatic carbocycles. The molecule has 1 N–H and O–H groups in total. The van der Waals surface area contributed by atoms with E-state index in [1.54, 1.807) is 23.0 Å². The Morgan fingerprint density at radius 1 is 1.00 bits per heavy atom. The fourth-order valence-corrected chi connectivity index (χ4v) is 1.08. The molecular formula is C14H24N6. The molecule has 0 amide bonds. The first-order valence-corrected chi connectivity index (χ1v) is 6.85. The van der Waals surface area contributed by atoms with Crippen LogP contribution in [-0.4, -0.2) is 29.8 Å². The van der Waals surface area contributed by atoms with Gasteiger partial charge in [-0.1, -0.05) is 27.7 Å². The van der Waals surface area contributed by atoms with Crippen LogP contribution in [0.25, 0.3) is 5.78 Å². The Morgan fingerprint density at radius 2 is 1.60 bits per heavy atom. The van der Waals surface area contributed by atoms with Crippen LogP contribution in [0.2, 0.25) is 0 Å². The summed E-state index contributed by atoms with van der Waals surface area (Å²) < 4.78 is 1.76. The Hall–Kier alpha value is -2.24. The van der Waals surface area contributed by atoms with E-state index in [0.717, 1.165) is 17.3 Å². The number of hydrogen-bond donors (Lipinski definition) is 1. The number of rotatable bonds is 0. The van der Waals surface area contributed by atoms with E-state index in [4.69, 9.17) is 0 Å².